The summed E-state index contributed by atoms with van der Waals surface area (Å²) in [5.74, 6) is -1.07. The number of alkyl halides is 2. The van der Waals surface area contributed by atoms with Gasteiger partial charge in [0.25, 0.3) is 12.0 Å². The molecule has 3 N–H and O–H groups in total. The number of ether oxygens (including phenoxy) is 1. The molecule has 0 atom stereocenters. The molecule has 0 aliphatic heterocycles. The highest BCUT2D eigenvalue weighted by Crippen LogP contribution is 2.39. The van der Waals surface area contributed by atoms with Gasteiger partial charge in [-0.1, -0.05) is 23.2 Å². The molecular weight excluding hydrogens is 559 g/mol. The van der Waals surface area contributed by atoms with Crippen LogP contribution in [0.2, 0.25) is 10.0 Å². The Bertz CT molecular complexity index is 1630. The Kier molecular flexibility index (Phi) is 7.24. The van der Waals surface area contributed by atoms with Gasteiger partial charge in [0.05, 0.1) is 21.8 Å². The first-order valence-corrected chi connectivity index (χ1v) is 12.6. The minimum atomic E-state index is -4.17. The molecule has 1 heterocycles. The Labute approximate surface area is 216 Å². The third-order valence-electron chi connectivity index (χ3n) is 5.37. The van der Waals surface area contributed by atoms with Crippen LogP contribution in [0.15, 0.2) is 44.8 Å². The van der Waals surface area contributed by atoms with Crippen LogP contribution >= 0.6 is 23.2 Å². The molecule has 4 rings (SSSR count). The van der Waals surface area contributed by atoms with Gasteiger partial charge >= 0.3 is 5.69 Å². The second-order valence-electron chi connectivity index (χ2n) is 7.94. The van der Waals surface area contributed by atoms with Crippen molar-refractivity contribution < 1.29 is 27.0 Å². The van der Waals surface area contributed by atoms with E-state index >= 15 is 0 Å². The van der Waals surface area contributed by atoms with Crippen LogP contribution in [0.4, 0.5) is 8.78 Å². The van der Waals surface area contributed by atoms with Crippen LogP contribution in [-0.4, -0.2) is 34.3 Å². The molecule has 0 bridgehead atoms. The molecule has 3 aromatic rings. The monoisotopic (exact) mass is 573 g/mol. The van der Waals surface area contributed by atoms with E-state index < -0.39 is 50.1 Å². The molecule has 0 saturated heterocycles. The predicted molar refractivity (Wildman–Crippen MR) is 126 cm³/mol. The van der Waals surface area contributed by atoms with E-state index in [1.165, 1.54) is 6.07 Å². The van der Waals surface area contributed by atoms with E-state index in [4.69, 9.17) is 33.2 Å². The molecule has 2 aromatic carbocycles. The highest BCUT2D eigenvalue weighted by Gasteiger charge is 2.33. The third kappa shape index (κ3) is 5.44. The molecule has 11 nitrogen and oxygen atoms in total. The number of hydrogen-bond donors (Lipinski definition) is 3. The number of aromatic amines is 1. The molecule has 0 radical (unpaired) electrons. The lowest BCUT2D eigenvalue weighted by Crippen LogP contribution is -2.43. The number of hydrogen-bond acceptors (Lipinski definition) is 8. The minimum Gasteiger partial charge on any atom is -0.507 e. The zero-order valence-corrected chi connectivity index (χ0v) is 20.6. The van der Waals surface area contributed by atoms with Crippen LogP contribution in [0.5, 0.6) is 17.2 Å². The average Bonchev–Trinajstić information content (AvgIpc) is 2.79. The Morgan fingerprint density at radius 3 is 2.46 bits per heavy atom. The normalized spacial score (nSPS) is 17.3. The third-order valence-corrected chi connectivity index (χ3v) is 7.48. The first kappa shape index (κ1) is 26.6. The fourth-order valence-electron chi connectivity index (χ4n) is 3.49. The van der Waals surface area contributed by atoms with E-state index in [9.17, 15) is 31.9 Å². The van der Waals surface area contributed by atoms with Crippen molar-refractivity contribution in [2.45, 2.75) is 30.2 Å². The number of halogens is 4. The van der Waals surface area contributed by atoms with E-state index in [-0.39, 0.29) is 33.1 Å². The molecule has 0 amide bonds. The number of aromatic hydroxyl groups is 1. The average molecular weight is 574 g/mol. The number of aromatic nitrogens is 3. The number of nitrogens with one attached hydrogen (secondary N) is 2. The zero-order valence-electron chi connectivity index (χ0n) is 18.3. The molecule has 1 fully saturated rings. The van der Waals surface area contributed by atoms with Gasteiger partial charge in [0, 0.05) is 18.0 Å². The summed E-state index contributed by atoms with van der Waals surface area (Å²) in [5, 5.41) is 21.9. The number of benzene rings is 2. The number of nitriles is 1. The van der Waals surface area contributed by atoms with E-state index in [0.717, 1.165) is 24.3 Å². The van der Waals surface area contributed by atoms with Gasteiger partial charge in [-0.05, 0) is 37.1 Å². The van der Waals surface area contributed by atoms with Crippen LogP contribution < -0.4 is 20.7 Å². The van der Waals surface area contributed by atoms with Gasteiger partial charge in [-0.2, -0.15) is 15.0 Å². The summed E-state index contributed by atoms with van der Waals surface area (Å²) in [4.78, 5) is 24.9. The van der Waals surface area contributed by atoms with Crippen molar-refractivity contribution >= 4 is 33.2 Å². The Morgan fingerprint density at radius 1 is 1.22 bits per heavy atom. The second-order valence-corrected chi connectivity index (χ2v) is 10.4. The van der Waals surface area contributed by atoms with Gasteiger partial charge in [-0.15, -0.1) is 0 Å². The van der Waals surface area contributed by atoms with Crippen LogP contribution in [0.25, 0.3) is 5.69 Å². The molecule has 37 heavy (non-hydrogen) atoms. The summed E-state index contributed by atoms with van der Waals surface area (Å²) in [6.07, 6.45) is -2.57. The number of phenolic OH excluding ortho intramolecular Hbond substituents is 1. The zero-order chi connectivity index (χ0) is 27.1. The quantitative estimate of drug-likeness (QED) is 0.387. The maximum absolute atomic E-state index is 13.0. The SMILES string of the molecule is N#CC1CC(NS(=O)(=O)c2cc(Oc3c(Cl)cc(-n4nc(C(F)F)c(=O)[nH]c4=O)cc3Cl)ccc2O)C1. The highest BCUT2D eigenvalue weighted by molar-refractivity contribution is 7.89. The Hall–Kier alpha value is -3.51. The Morgan fingerprint density at radius 2 is 1.86 bits per heavy atom. The fourth-order valence-corrected chi connectivity index (χ4v) is 5.42. The Balaban J connectivity index is 1.64. The number of nitrogens with zero attached hydrogens (tertiary/aromatic N) is 3. The maximum atomic E-state index is 13.0. The molecule has 194 valence electrons. The van der Waals surface area contributed by atoms with Crippen molar-refractivity contribution in [3.8, 4) is 29.0 Å². The number of phenols is 1. The van der Waals surface area contributed by atoms with Crippen LogP contribution in [0.3, 0.4) is 0 Å². The molecule has 1 aliphatic carbocycles. The lowest BCUT2D eigenvalue weighted by Gasteiger charge is -2.30. The van der Waals surface area contributed by atoms with Crippen LogP contribution in [0, 0.1) is 17.2 Å². The van der Waals surface area contributed by atoms with E-state index in [1.807, 2.05) is 6.07 Å². The van der Waals surface area contributed by atoms with Crippen molar-refractivity contribution in [3.63, 3.8) is 0 Å². The van der Waals surface area contributed by atoms with Gasteiger partial charge in [-0.25, -0.2) is 26.7 Å². The fraction of sp³-hybridized carbons (Fsp3) is 0.238. The lowest BCUT2D eigenvalue weighted by molar-refractivity contribution is 0.141. The molecular formula is C21H15Cl2F2N5O6S. The highest BCUT2D eigenvalue weighted by atomic mass is 35.5. The van der Waals surface area contributed by atoms with Crippen molar-refractivity contribution in [3.05, 3.63) is 66.9 Å². The van der Waals surface area contributed by atoms with Crippen molar-refractivity contribution in [1.82, 2.24) is 19.5 Å². The largest absolute Gasteiger partial charge is 0.507 e. The first-order chi connectivity index (χ1) is 17.4. The summed E-state index contributed by atoms with van der Waals surface area (Å²) in [5.41, 5.74) is -3.82. The van der Waals surface area contributed by atoms with E-state index in [1.54, 1.807) is 4.98 Å². The molecule has 1 aromatic heterocycles. The number of sulfonamides is 1. The standard InChI is InChI=1S/C21H15Cl2F2N5O6S/c22-13-5-11(30-21(33)27-20(32)17(28-30)19(24)25)6-14(23)18(13)36-12-1-2-15(31)16(7-12)37(34,35)29-10-3-9(4-10)8-26/h1-2,5-7,9-10,19,29,31H,3-4H2,(H,27,32,33). The van der Waals surface area contributed by atoms with Gasteiger partial charge < -0.3 is 9.84 Å². The van der Waals surface area contributed by atoms with Gasteiger partial charge in [-0.3, -0.25) is 9.78 Å². The van der Waals surface area contributed by atoms with Crippen molar-refractivity contribution in [2.75, 3.05) is 0 Å². The number of rotatable bonds is 7. The van der Waals surface area contributed by atoms with Gasteiger partial charge in [0.2, 0.25) is 10.0 Å². The van der Waals surface area contributed by atoms with E-state index in [2.05, 4.69) is 9.82 Å². The minimum absolute atomic E-state index is 0.0856. The summed E-state index contributed by atoms with van der Waals surface area (Å²) in [6.45, 7) is 0. The molecule has 1 saturated carbocycles. The maximum Gasteiger partial charge on any atom is 0.349 e. The molecule has 0 unspecified atom stereocenters. The van der Waals surface area contributed by atoms with Crippen molar-refractivity contribution in [1.29, 1.82) is 5.26 Å². The summed E-state index contributed by atoms with van der Waals surface area (Å²) < 4.78 is 60.1. The molecule has 0 spiro atoms. The first-order valence-electron chi connectivity index (χ1n) is 10.3. The van der Waals surface area contributed by atoms with Crippen LogP contribution in [-0.2, 0) is 10.0 Å². The van der Waals surface area contributed by atoms with E-state index in [0.29, 0.717) is 17.5 Å². The van der Waals surface area contributed by atoms with Crippen LogP contribution in [0.1, 0.15) is 25.0 Å². The summed E-state index contributed by atoms with van der Waals surface area (Å²) in [6, 6.07) is 7.15. The predicted octanol–water partition coefficient (Wildman–Crippen LogP) is 3.24. The van der Waals surface area contributed by atoms with Gasteiger partial charge in [0.1, 0.15) is 16.4 Å². The van der Waals surface area contributed by atoms with Crippen molar-refractivity contribution in [2.24, 2.45) is 5.92 Å². The number of H-pyrrole nitrogens is 1. The van der Waals surface area contributed by atoms with Gasteiger partial charge in [0.15, 0.2) is 11.4 Å². The lowest BCUT2D eigenvalue weighted by atomic mass is 9.82. The summed E-state index contributed by atoms with van der Waals surface area (Å²) in [7, 11) is -4.17. The molecule has 16 heteroatoms. The topological polar surface area (TPSA) is 167 Å². The smallest absolute Gasteiger partial charge is 0.349 e. The summed E-state index contributed by atoms with van der Waals surface area (Å²) >= 11 is 12.5. The molecule has 1 aliphatic rings. The second kappa shape index (κ2) is 10.1.